The summed E-state index contributed by atoms with van der Waals surface area (Å²) in [5.74, 6) is 3.89. The molecule has 0 aromatic carbocycles. The van der Waals surface area contributed by atoms with Crippen LogP contribution in [0.2, 0.25) is 0 Å². The van der Waals surface area contributed by atoms with E-state index in [0.29, 0.717) is 0 Å². The van der Waals surface area contributed by atoms with E-state index in [0.717, 1.165) is 23.7 Å². The Bertz CT molecular complexity index is 250. The van der Waals surface area contributed by atoms with Gasteiger partial charge in [-0.3, -0.25) is 0 Å². The quantitative estimate of drug-likeness (QED) is 0.579. The third kappa shape index (κ3) is 4.71. The van der Waals surface area contributed by atoms with Gasteiger partial charge in [0.25, 0.3) is 0 Å². The average molecular weight is 309 g/mol. The zero-order valence-electron chi connectivity index (χ0n) is 15.7. The van der Waals surface area contributed by atoms with Gasteiger partial charge < -0.3 is 9.80 Å². The van der Waals surface area contributed by atoms with Gasteiger partial charge in [0.05, 0.1) is 0 Å². The molecule has 130 valence electrons. The van der Waals surface area contributed by atoms with E-state index in [-0.39, 0.29) is 0 Å². The molecular formula is C20H40N2. The number of rotatable bonds is 9. The Morgan fingerprint density at radius 1 is 0.545 bits per heavy atom. The minimum absolute atomic E-state index is 0.971. The highest BCUT2D eigenvalue weighted by atomic mass is 15.2. The summed E-state index contributed by atoms with van der Waals surface area (Å²) in [6.45, 7) is 17.7. The first-order valence-corrected chi connectivity index (χ1v) is 10.2. The van der Waals surface area contributed by atoms with Crippen LogP contribution < -0.4 is 0 Å². The zero-order chi connectivity index (χ0) is 15.9. The minimum atomic E-state index is 0.971. The van der Waals surface area contributed by atoms with Crippen LogP contribution in [0.15, 0.2) is 0 Å². The van der Waals surface area contributed by atoms with Gasteiger partial charge in [-0.2, -0.15) is 0 Å². The molecule has 0 aromatic heterocycles. The molecule has 0 aromatic rings. The van der Waals surface area contributed by atoms with Crippen LogP contribution in [-0.2, 0) is 0 Å². The van der Waals surface area contributed by atoms with Gasteiger partial charge in [-0.15, -0.1) is 0 Å². The van der Waals surface area contributed by atoms with Gasteiger partial charge in [0.1, 0.15) is 0 Å². The largest absolute Gasteiger partial charge is 0.303 e. The van der Waals surface area contributed by atoms with Crippen molar-refractivity contribution in [2.75, 3.05) is 39.3 Å². The van der Waals surface area contributed by atoms with E-state index in [9.17, 15) is 0 Å². The third-order valence-corrected chi connectivity index (χ3v) is 6.60. The van der Waals surface area contributed by atoms with Crippen molar-refractivity contribution >= 4 is 0 Å². The van der Waals surface area contributed by atoms with E-state index in [1.54, 1.807) is 0 Å². The first-order chi connectivity index (χ1) is 10.7. The average Bonchev–Trinajstić information content (AvgIpc) is 3.14. The molecule has 2 fully saturated rings. The fourth-order valence-electron chi connectivity index (χ4n) is 4.96. The maximum absolute atomic E-state index is 2.75. The van der Waals surface area contributed by atoms with Crippen LogP contribution in [0.4, 0.5) is 0 Å². The van der Waals surface area contributed by atoms with Crippen molar-refractivity contribution in [2.24, 2.45) is 23.7 Å². The first-order valence-electron chi connectivity index (χ1n) is 10.2. The van der Waals surface area contributed by atoms with Crippen LogP contribution in [0.25, 0.3) is 0 Å². The van der Waals surface area contributed by atoms with Crippen molar-refractivity contribution < 1.29 is 0 Å². The summed E-state index contributed by atoms with van der Waals surface area (Å²) in [5, 5.41) is 0. The van der Waals surface area contributed by atoms with Crippen LogP contribution >= 0.6 is 0 Å². The second-order valence-corrected chi connectivity index (χ2v) is 7.90. The minimum Gasteiger partial charge on any atom is -0.303 e. The normalized spacial score (nSPS) is 33.8. The molecule has 0 radical (unpaired) electrons. The highest BCUT2D eigenvalue weighted by molar-refractivity contribution is 4.84. The zero-order valence-corrected chi connectivity index (χ0v) is 15.7. The van der Waals surface area contributed by atoms with E-state index in [2.05, 4.69) is 37.5 Å². The number of hydrogen-bond donors (Lipinski definition) is 0. The van der Waals surface area contributed by atoms with E-state index in [1.165, 1.54) is 77.8 Å². The standard InChI is InChI=1S/C20H40N2/c1-5-17-13-21(14-18(17)6-2)11-9-10-12-22-15-19(7-3)20(8-4)16-22/h17-20H,5-16H2,1-4H3. The highest BCUT2D eigenvalue weighted by Crippen LogP contribution is 2.30. The molecular weight excluding hydrogens is 268 g/mol. The predicted octanol–water partition coefficient (Wildman–Crippen LogP) is 4.50. The lowest BCUT2D eigenvalue weighted by Gasteiger charge is -2.18. The molecule has 2 aliphatic rings. The number of hydrogen-bond acceptors (Lipinski definition) is 2. The molecule has 0 amide bonds. The van der Waals surface area contributed by atoms with E-state index < -0.39 is 0 Å². The van der Waals surface area contributed by atoms with Crippen LogP contribution in [0, 0.1) is 23.7 Å². The summed E-state index contributed by atoms with van der Waals surface area (Å²) >= 11 is 0. The molecule has 22 heavy (non-hydrogen) atoms. The molecule has 2 rings (SSSR count). The summed E-state index contributed by atoms with van der Waals surface area (Å²) < 4.78 is 0. The summed E-state index contributed by atoms with van der Waals surface area (Å²) in [6, 6.07) is 0. The Balaban J connectivity index is 1.60. The lowest BCUT2D eigenvalue weighted by Crippen LogP contribution is -2.25. The summed E-state index contributed by atoms with van der Waals surface area (Å²) in [7, 11) is 0. The van der Waals surface area contributed by atoms with Gasteiger partial charge in [0.2, 0.25) is 0 Å². The Kier molecular flexibility index (Phi) is 7.70. The molecule has 0 saturated carbocycles. The summed E-state index contributed by atoms with van der Waals surface area (Å²) in [6.07, 6.45) is 8.30. The molecule has 2 heterocycles. The number of nitrogens with zero attached hydrogens (tertiary/aromatic N) is 2. The molecule has 2 aliphatic heterocycles. The van der Waals surface area contributed by atoms with Crippen LogP contribution in [0.1, 0.15) is 66.2 Å². The van der Waals surface area contributed by atoms with Crippen LogP contribution in [-0.4, -0.2) is 49.1 Å². The van der Waals surface area contributed by atoms with Crippen molar-refractivity contribution in [1.82, 2.24) is 9.80 Å². The lowest BCUT2D eigenvalue weighted by molar-refractivity contribution is 0.279. The van der Waals surface area contributed by atoms with E-state index in [4.69, 9.17) is 0 Å². The van der Waals surface area contributed by atoms with Gasteiger partial charge in [0.15, 0.2) is 0 Å². The molecule has 0 aliphatic carbocycles. The summed E-state index contributed by atoms with van der Waals surface area (Å²) in [4.78, 5) is 5.49. The SMILES string of the molecule is CCC1CN(CCCCN2CC(CC)C(CC)C2)CC1CC. The highest BCUT2D eigenvalue weighted by Gasteiger charge is 2.31. The monoisotopic (exact) mass is 308 g/mol. The van der Waals surface area contributed by atoms with Crippen LogP contribution in [0.5, 0.6) is 0 Å². The predicted molar refractivity (Wildman–Crippen MR) is 97.2 cm³/mol. The topological polar surface area (TPSA) is 6.48 Å². The molecule has 2 heteroatoms. The smallest absolute Gasteiger partial charge is 0.00128 e. The van der Waals surface area contributed by atoms with Crippen molar-refractivity contribution in [3.05, 3.63) is 0 Å². The van der Waals surface area contributed by atoms with Gasteiger partial charge in [-0.25, -0.2) is 0 Å². The van der Waals surface area contributed by atoms with Crippen molar-refractivity contribution in [1.29, 1.82) is 0 Å². The molecule has 4 unspecified atom stereocenters. The van der Waals surface area contributed by atoms with E-state index >= 15 is 0 Å². The molecule has 2 saturated heterocycles. The van der Waals surface area contributed by atoms with Gasteiger partial charge in [0, 0.05) is 26.2 Å². The summed E-state index contributed by atoms with van der Waals surface area (Å²) in [5.41, 5.74) is 0. The molecule has 2 nitrogen and oxygen atoms in total. The van der Waals surface area contributed by atoms with Crippen LogP contribution in [0.3, 0.4) is 0 Å². The van der Waals surface area contributed by atoms with Crippen molar-refractivity contribution in [2.45, 2.75) is 66.2 Å². The first kappa shape index (κ1) is 18.3. The van der Waals surface area contributed by atoms with Gasteiger partial charge in [-0.1, -0.05) is 53.4 Å². The molecule has 0 N–H and O–H groups in total. The van der Waals surface area contributed by atoms with Gasteiger partial charge in [-0.05, 0) is 49.6 Å². The molecule has 4 atom stereocenters. The third-order valence-electron chi connectivity index (χ3n) is 6.60. The number of unbranched alkanes of at least 4 members (excludes halogenated alkanes) is 1. The maximum Gasteiger partial charge on any atom is 0.00128 e. The maximum atomic E-state index is 2.75. The fourth-order valence-corrected chi connectivity index (χ4v) is 4.96. The second-order valence-electron chi connectivity index (χ2n) is 7.90. The van der Waals surface area contributed by atoms with Crippen molar-refractivity contribution in [3.8, 4) is 0 Å². The molecule has 0 bridgehead atoms. The van der Waals surface area contributed by atoms with Gasteiger partial charge >= 0.3 is 0 Å². The lowest BCUT2D eigenvalue weighted by atomic mass is 9.92. The Hall–Kier alpha value is -0.0800. The van der Waals surface area contributed by atoms with E-state index in [1.807, 2.05) is 0 Å². The van der Waals surface area contributed by atoms with Crippen molar-refractivity contribution in [3.63, 3.8) is 0 Å². The Morgan fingerprint density at radius 3 is 1.05 bits per heavy atom. The molecule has 0 spiro atoms. The fraction of sp³-hybridized carbons (Fsp3) is 1.00. The Labute approximate surface area is 139 Å². The second kappa shape index (κ2) is 9.27. The number of likely N-dealkylation sites (tertiary alicyclic amines) is 2. The Morgan fingerprint density at radius 2 is 0.818 bits per heavy atom.